The van der Waals surface area contributed by atoms with E-state index in [1.54, 1.807) is 31.2 Å². The Hall–Kier alpha value is -1.60. The van der Waals surface area contributed by atoms with Gasteiger partial charge in [-0.25, -0.2) is 8.42 Å². The summed E-state index contributed by atoms with van der Waals surface area (Å²) < 4.78 is 31.6. The molecular weight excluding hydrogens is 316 g/mol. The molecule has 0 spiro atoms. The monoisotopic (exact) mass is 342 g/mol. The van der Waals surface area contributed by atoms with Crippen LogP contribution in [0.5, 0.6) is 0 Å². The Labute approximate surface area is 138 Å². The van der Waals surface area contributed by atoms with Crippen LogP contribution in [0.25, 0.3) is 0 Å². The molecule has 7 heteroatoms. The molecule has 0 aliphatic carbocycles. The van der Waals surface area contributed by atoms with E-state index in [9.17, 15) is 13.2 Å². The van der Waals surface area contributed by atoms with Crippen molar-refractivity contribution in [3.63, 3.8) is 0 Å². The fourth-order valence-electron chi connectivity index (χ4n) is 1.91. The molecule has 130 valence electrons. The predicted octanol–water partition coefficient (Wildman–Crippen LogP) is 2.24. The standard InChI is InChI=1S/C16H26N2O4S/c1-4-11-23(20,21)18-15-8-6-5-7-14(15)16(19)17-9-10-22-12-13(2)3/h5-8,13,18H,4,9-12H2,1-3H3,(H,17,19). The van der Waals surface area contributed by atoms with Gasteiger partial charge in [-0.15, -0.1) is 0 Å². The number of hydrogen-bond donors (Lipinski definition) is 2. The number of anilines is 1. The van der Waals surface area contributed by atoms with Crippen LogP contribution >= 0.6 is 0 Å². The highest BCUT2D eigenvalue weighted by atomic mass is 32.2. The van der Waals surface area contributed by atoms with E-state index in [0.717, 1.165) is 0 Å². The molecule has 23 heavy (non-hydrogen) atoms. The minimum Gasteiger partial charge on any atom is -0.379 e. The van der Waals surface area contributed by atoms with Gasteiger partial charge in [0.1, 0.15) is 0 Å². The van der Waals surface area contributed by atoms with Gasteiger partial charge < -0.3 is 10.1 Å². The maximum absolute atomic E-state index is 12.2. The van der Waals surface area contributed by atoms with Crippen LogP contribution in [0.1, 0.15) is 37.6 Å². The molecule has 1 amide bonds. The fourth-order valence-corrected chi connectivity index (χ4v) is 3.06. The van der Waals surface area contributed by atoms with Gasteiger partial charge in [0.25, 0.3) is 5.91 Å². The first kappa shape index (κ1) is 19.4. The van der Waals surface area contributed by atoms with E-state index in [1.807, 2.05) is 0 Å². The van der Waals surface area contributed by atoms with Gasteiger partial charge in [-0.2, -0.15) is 0 Å². The van der Waals surface area contributed by atoms with E-state index >= 15 is 0 Å². The number of sulfonamides is 1. The Morgan fingerprint density at radius 2 is 1.96 bits per heavy atom. The molecule has 0 aromatic heterocycles. The quantitative estimate of drug-likeness (QED) is 0.639. The second kappa shape index (κ2) is 9.52. The number of carbonyl (C=O) groups is 1. The average Bonchev–Trinajstić information content (AvgIpc) is 2.46. The van der Waals surface area contributed by atoms with Crippen LogP contribution in [-0.4, -0.2) is 39.8 Å². The summed E-state index contributed by atoms with van der Waals surface area (Å²) in [6, 6.07) is 6.56. The molecule has 0 aliphatic heterocycles. The number of ether oxygens (including phenoxy) is 1. The summed E-state index contributed by atoms with van der Waals surface area (Å²) in [7, 11) is -3.43. The van der Waals surface area contributed by atoms with Crippen molar-refractivity contribution in [2.75, 3.05) is 30.2 Å². The summed E-state index contributed by atoms with van der Waals surface area (Å²) in [6.45, 7) is 7.34. The van der Waals surface area contributed by atoms with Crippen molar-refractivity contribution in [1.82, 2.24) is 5.32 Å². The zero-order chi connectivity index (χ0) is 17.3. The number of carbonyl (C=O) groups excluding carboxylic acids is 1. The van der Waals surface area contributed by atoms with Crippen LogP contribution < -0.4 is 10.0 Å². The molecule has 0 saturated carbocycles. The average molecular weight is 342 g/mol. The maximum atomic E-state index is 12.2. The topological polar surface area (TPSA) is 84.5 Å². The summed E-state index contributed by atoms with van der Waals surface area (Å²) in [6.07, 6.45) is 0.511. The fraction of sp³-hybridized carbons (Fsp3) is 0.562. The van der Waals surface area contributed by atoms with Crippen molar-refractivity contribution < 1.29 is 17.9 Å². The highest BCUT2D eigenvalue weighted by Crippen LogP contribution is 2.16. The Morgan fingerprint density at radius 1 is 1.26 bits per heavy atom. The number of nitrogens with one attached hydrogen (secondary N) is 2. The number of hydrogen-bond acceptors (Lipinski definition) is 4. The molecule has 0 radical (unpaired) electrons. The second-order valence-corrected chi connectivity index (χ2v) is 7.53. The summed E-state index contributed by atoms with van der Waals surface area (Å²) in [5, 5.41) is 2.73. The second-order valence-electron chi connectivity index (χ2n) is 5.69. The summed E-state index contributed by atoms with van der Waals surface area (Å²) >= 11 is 0. The zero-order valence-electron chi connectivity index (χ0n) is 14.0. The first-order valence-corrected chi connectivity index (χ1v) is 9.46. The molecule has 0 heterocycles. The minimum absolute atomic E-state index is 0.0198. The molecule has 0 saturated heterocycles. The lowest BCUT2D eigenvalue weighted by molar-refractivity contribution is 0.0887. The van der Waals surface area contributed by atoms with Crippen molar-refractivity contribution in [2.45, 2.75) is 27.2 Å². The van der Waals surface area contributed by atoms with Gasteiger partial charge in [-0.1, -0.05) is 32.9 Å². The van der Waals surface area contributed by atoms with Crippen LogP contribution in [0, 0.1) is 5.92 Å². The minimum atomic E-state index is -3.43. The molecule has 0 unspecified atom stereocenters. The Balaban J connectivity index is 2.64. The number of benzene rings is 1. The molecule has 0 atom stereocenters. The van der Waals surface area contributed by atoms with E-state index in [4.69, 9.17) is 4.74 Å². The van der Waals surface area contributed by atoms with Crippen molar-refractivity contribution in [3.8, 4) is 0 Å². The first-order chi connectivity index (χ1) is 10.9. The molecular formula is C16H26N2O4S. The lowest BCUT2D eigenvalue weighted by Crippen LogP contribution is -2.29. The smallest absolute Gasteiger partial charge is 0.253 e. The highest BCUT2D eigenvalue weighted by molar-refractivity contribution is 7.92. The summed E-state index contributed by atoms with van der Waals surface area (Å²) in [5.74, 6) is 0.138. The molecule has 0 fully saturated rings. The third-order valence-corrected chi connectivity index (χ3v) is 4.37. The van der Waals surface area contributed by atoms with E-state index in [0.29, 0.717) is 43.3 Å². The number of rotatable bonds is 10. The number of amides is 1. The van der Waals surface area contributed by atoms with Crippen LogP contribution in [0.4, 0.5) is 5.69 Å². The lowest BCUT2D eigenvalue weighted by Gasteiger charge is -2.12. The predicted molar refractivity (Wildman–Crippen MR) is 92.1 cm³/mol. The van der Waals surface area contributed by atoms with Gasteiger partial charge >= 0.3 is 0 Å². The SMILES string of the molecule is CCCS(=O)(=O)Nc1ccccc1C(=O)NCCOCC(C)C. The van der Waals surface area contributed by atoms with Crippen molar-refractivity contribution in [2.24, 2.45) is 5.92 Å². The molecule has 1 aromatic rings. The van der Waals surface area contributed by atoms with E-state index < -0.39 is 10.0 Å². The van der Waals surface area contributed by atoms with Crippen LogP contribution in [-0.2, 0) is 14.8 Å². The molecule has 6 nitrogen and oxygen atoms in total. The Bertz CT molecular complexity index is 600. The van der Waals surface area contributed by atoms with Gasteiger partial charge in [-0.05, 0) is 24.5 Å². The first-order valence-electron chi connectivity index (χ1n) is 7.81. The molecule has 1 rings (SSSR count). The molecule has 0 bridgehead atoms. The van der Waals surface area contributed by atoms with Crippen LogP contribution in [0.2, 0.25) is 0 Å². The third kappa shape index (κ3) is 7.47. The Morgan fingerprint density at radius 3 is 2.61 bits per heavy atom. The molecule has 2 N–H and O–H groups in total. The molecule has 0 aliphatic rings. The van der Waals surface area contributed by atoms with E-state index in [2.05, 4.69) is 23.9 Å². The third-order valence-electron chi connectivity index (χ3n) is 2.89. The Kier molecular flexibility index (Phi) is 8.05. The van der Waals surface area contributed by atoms with Gasteiger partial charge in [0.2, 0.25) is 10.0 Å². The van der Waals surface area contributed by atoms with Gasteiger partial charge in [-0.3, -0.25) is 9.52 Å². The maximum Gasteiger partial charge on any atom is 0.253 e. The summed E-state index contributed by atoms with van der Waals surface area (Å²) in [5.41, 5.74) is 0.595. The lowest BCUT2D eigenvalue weighted by atomic mass is 10.1. The van der Waals surface area contributed by atoms with Gasteiger partial charge in [0, 0.05) is 13.2 Å². The largest absolute Gasteiger partial charge is 0.379 e. The molecule has 1 aromatic carbocycles. The van der Waals surface area contributed by atoms with Gasteiger partial charge in [0.15, 0.2) is 0 Å². The normalized spacial score (nSPS) is 11.5. The van der Waals surface area contributed by atoms with E-state index in [1.165, 1.54) is 0 Å². The summed E-state index contributed by atoms with van der Waals surface area (Å²) in [4.78, 5) is 12.2. The van der Waals surface area contributed by atoms with E-state index in [-0.39, 0.29) is 11.7 Å². The van der Waals surface area contributed by atoms with Crippen molar-refractivity contribution in [3.05, 3.63) is 29.8 Å². The van der Waals surface area contributed by atoms with Gasteiger partial charge in [0.05, 0.1) is 23.6 Å². The van der Waals surface area contributed by atoms with Crippen molar-refractivity contribution in [1.29, 1.82) is 0 Å². The zero-order valence-corrected chi connectivity index (χ0v) is 14.8. The highest BCUT2D eigenvalue weighted by Gasteiger charge is 2.15. The van der Waals surface area contributed by atoms with Crippen molar-refractivity contribution >= 4 is 21.6 Å². The van der Waals surface area contributed by atoms with Crippen LogP contribution in [0.3, 0.4) is 0 Å². The van der Waals surface area contributed by atoms with Crippen LogP contribution in [0.15, 0.2) is 24.3 Å². The number of para-hydroxylation sites is 1.